The molecule has 3 rings (SSSR count). The molecule has 25 heavy (non-hydrogen) atoms. The van der Waals surface area contributed by atoms with E-state index in [0.717, 1.165) is 18.5 Å². The predicted octanol–water partition coefficient (Wildman–Crippen LogP) is 2.85. The van der Waals surface area contributed by atoms with Gasteiger partial charge >= 0.3 is 0 Å². The zero-order valence-corrected chi connectivity index (χ0v) is 15.4. The van der Waals surface area contributed by atoms with Crippen LogP contribution in [0.4, 0.5) is 0 Å². The van der Waals surface area contributed by atoms with E-state index in [1.807, 2.05) is 12.1 Å². The molecule has 2 aromatic rings. The molecular weight excluding hydrogens is 338 g/mol. The molecule has 1 aromatic heterocycles. The number of nitrogens with one attached hydrogen (secondary N) is 1. The van der Waals surface area contributed by atoms with Gasteiger partial charge in [-0.15, -0.1) is 0 Å². The second kappa shape index (κ2) is 7.28. The Morgan fingerprint density at radius 1 is 1.32 bits per heavy atom. The Balaban J connectivity index is 1.63. The first kappa shape index (κ1) is 18.1. The second-order valence-electron chi connectivity index (χ2n) is 7.07. The molecule has 1 aromatic carbocycles. The summed E-state index contributed by atoms with van der Waals surface area (Å²) in [4.78, 5) is 19.1. The number of rotatable bonds is 4. The summed E-state index contributed by atoms with van der Waals surface area (Å²) in [6, 6.07) is 9.43. The number of pyridine rings is 1. The minimum atomic E-state index is -0.846. The third-order valence-electron chi connectivity index (χ3n) is 4.92. The van der Waals surface area contributed by atoms with Crippen LogP contribution < -0.4 is 5.32 Å². The van der Waals surface area contributed by atoms with E-state index in [0.29, 0.717) is 35.1 Å². The molecule has 0 atom stereocenters. The Morgan fingerprint density at radius 3 is 2.68 bits per heavy atom. The van der Waals surface area contributed by atoms with Crippen molar-refractivity contribution in [2.45, 2.75) is 38.3 Å². The highest BCUT2D eigenvalue weighted by molar-refractivity contribution is 6.31. The third kappa shape index (κ3) is 4.29. The topological polar surface area (TPSA) is 65.5 Å². The van der Waals surface area contributed by atoms with Crippen molar-refractivity contribution in [2.24, 2.45) is 0 Å². The monoisotopic (exact) mass is 361 g/mol. The van der Waals surface area contributed by atoms with E-state index in [1.54, 1.807) is 18.2 Å². The van der Waals surface area contributed by atoms with Crippen LogP contribution in [-0.2, 0) is 0 Å². The van der Waals surface area contributed by atoms with Crippen molar-refractivity contribution in [1.29, 1.82) is 0 Å². The summed E-state index contributed by atoms with van der Waals surface area (Å²) in [6.45, 7) is 6.24. The molecule has 1 amide bonds. The quantitative estimate of drug-likeness (QED) is 0.878. The molecule has 2 heterocycles. The number of carbonyl (C=O) groups excluding carboxylic acids is 1. The molecule has 6 heteroatoms. The number of fused-ring (bicyclic) bond motifs is 1. The SMILES string of the molecule is CC(C)N1CCC(O)(CNC(=O)c2ccc3ccc(Cl)cc3n2)CC1. The first-order valence-electron chi connectivity index (χ1n) is 8.67. The molecule has 0 spiro atoms. The Kier molecular flexibility index (Phi) is 5.27. The minimum absolute atomic E-state index is 0.243. The van der Waals surface area contributed by atoms with Gasteiger partial charge in [-0.3, -0.25) is 4.79 Å². The summed E-state index contributed by atoms with van der Waals surface area (Å²) < 4.78 is 0. The lowest BCUT2D eigenvalue weighted by molar-refractivity contribution is -0.0254. The van der Waals surface area contributed by atoms with Gasteiger partial charge in [0.15, 0.2) is 0 Å². The van der Waals surface area contributed by atoms with Gasteiger partial charge in [0.25, 0.3) is 5.91 Å². The van der Waals surface area contributed by atoms with E-state index in [9.17, 15) is 9.90 Å². The van der Waals surface area contributed by atoms with Crippen LogP contribution in [0.5, 0.6) is 0 Å². The smallest absolute Gasteiger partial charge is 0.270 e. The highest BCUT2D eigenvalue weighted by atomic mass is 35.5. The zero-order chi connectivity index (χ0) is 18.0. The molecule has 134 valence electrons. The number of benzene rings is 1. The molecule has 1 aliphatic rings. The molecule has 0 aliphatic carbocycles. The number of aromatic nitrogens is 1. The van der Waals surface area contributed by atoms with Crippen molar-refractivity contribution in [3.63, 3.8) is 0 Å². The highest BCUT2D eigenvalue weighted by Crippen LogP contribution is 2.23. The van der Waals surface area contributed by atoms with E-state index in [2.05, 4.69) is 29.0 Å². The van der Waals surface area contributed by atoms with Gasteiger partial charge in [-0.2, -0.15) is 0 Å². The highest BCUT2D eigenvalue weighted by Gasteiger charge is 2.33. The van der Waals surface area contributed by atoms with E-state index in [4.69, 9.17) is 11.6 Å². The fraction of sp³-hybridized carbons (Fsp3) is 0.474. The maximum Gasteiger partial charge on any atom is 0.270 e. The van der Waals surface area contributed by atoms with Crippen LogP contribution >= 0.6 is 11.6 Å². The van der Waals surface area contributed by atoms with Crippen LogP contribution in [0, 0.1) is 0 Å². The predicted molar refractivity (Wildman–Crippen MR) is 100.0 cm³/mol. The summed E-state index contributed by atoms with van der Waals surface area (Å²) in [6.07, 6.45) is 1.32. The van der Waals surface area contributed by atoms with Gasteiger partial charge in [-0.25, -0.2) is 4.98 Å². The van der Waals surface area contributed by atoms with Crippen LogP contribution in [0.15, 0.2) is 30.3 Å². The van der Waals surface area contributed by atoms with Crippen LogP contribution in [0.3, 0.4) is 0 Å². The number of amides is 1. The van der Waals surface area contributed by atoms with Gasteiger partial charge in [0, 0.05) is 36.1 Å². The van der Waals surface area contributed by atoms with Crippen LogP contribution in [0.1, 0.15) is 37.2 Å². The van der Waals surface area contributed by atoms with Crippen molar-refractivity contribution in [1.82, 2.24) is 15.2 Å². The molecular formula is C19H24ClN3O2. The molecule has 0 radical (unpaired) electrons. The number of aliphatic hydroxyl groups is 1. The number of likely N-dealkylation sites (tertiary alicyclic amines) is 1. The molecule has 1 aliphatic heterocycles. The molecule has 5 nitrogen and oxygen atoms in total. The molecule has 1 fully saturated rings. The molecule has 2 N–H and O–H groups in total. The fourth-order valence-corrected chi connectivity index (χ4v) is 3.35. The van der Waals surface area contributed by atoms with Crippen LogP contribution in [-0.4, -0.2) is 52.2 Å². The second-order valence-corrected chi connectivity index (χ2v) is 7.51. The van der Waals surface area contributed by atoms with E-state index >= 15 is 0 Å². The van der Waals surface area contributed by atoms with Crippen molar-refractivity contribution in [3.05, 3.63) is 41.0 Å². The molecule has 0 unspecified atom stereocenters. The van der Waals surface area contributed by atoms with Gasteiger partial charge in [0.05, 0.1) is 11.1 Å². The van der Waals surface area contributed by atoms with Crippen molar-refractivity contribution < 1.29 is 9.90 Å². The summed E-state index contributed by atoms with van der Waals surface area (Å²) in [5, 5.41) is 15.0. The fourth-order valence-electron chi connectivity index (χ4n) is 3.19. The average molecular weight is 362 g/mol. The molecule has 0 bridgehead atoms. The first-order chi connectivity index (χ1) is 11.9. The van der Waals surface area contributed by atoms with Gasteiger partial charge in [-0.05, 0) is 44.9 Å². The normalized spacial score (nSPS) is 17.8. The number of piperidine rings is 1. The van der Waals surface area contributed by atoms with E-state index in [-0.39, 0.29) is 12.5 Å². The standard InChI is InChI=1S/C19H24ClN3O2/c1-13(2)23-9-7-19(25,8-10-23)12-21-18(24)16-6-4-14-3-5-15(20)11-17(14)22-16/h3-6,11,13,25H,7-10,12H2,1-2H3,(H,21,24). The van der Waals surface area contributed by atoms with Gasteiger partial charge in [0.2, 0.25) is 0 Å². The Labute approximate surface area is 153 Å². The average Bonchev–Trinajstić information content (AvgIpc) is 2.59. The Bertz CT molecular complexity index is 770. The van der Waals surface area contributed by atoms with Crippen molar-refractivity contribution in [2.75, 3.05) is 19.6 Å². The lowest BCUT2D eigenvalue weighted by atomic mass is 9.90. The number of hydrogen-bond donors (Lipinski definition) is 2. The number of hydrogen-bond acceptors (Lipinski definition) is 4. The maximum atomic E-state index is 12.4. The van der Waals surface area contributed by atoms with Gasteiger partial charge in [-0.1, -0.05) is 23.7 Å². The van der Waals surface area contributed by atoms with Crippen molar-refractivity contribution in [3.8, 4) is 0 Å². The zero-order valence-electron chi connectivity index (χ0n) is 14.6. The van der Waals surface area contributed by atoms with Crippen molar-refractivity contribution >= 4 is 28.4 Å². The largest absolute Gasteiger partial charge is 0.388 e. The van der Waals surface area contributed by atoms with Gasteiger partial charge in [0.1, 0.15) is 5.69 Å². The minimum Gasteiger partial charge on any atom is -0.388 e. The maximum absolute atomic E-state index is 12.4. The van der Waals surface area contributed by atoms with Gasteiger partial charge < -0.3 is 15.3 Å². The lowest BCUT2D eigenvalue weighted by Gasteiger charge is -2.40. The number of nitrogens with zero attached hydrogens (tertiary/aromatic N) is 2. The third-order valence-corrected chi connectivity index (χ3v) is 5.16. The van der Waals surface area contributed by atoms with Crippen LogP contribution in [0.25, 0.3) is 10.9 Å². The summed E-state index contributed by atoms with van der Waals surface area (Å²) in [5.74, 6) is -0.276. The number of halogens is 1. The summed E-state index contributed by atoms with van der Waals surface area (Å²) >= 11 is 5.99. The molecule has 1 saturated heterocycles. The van der Waals surface area contributed by atoms with E-state index < -0.39 is 5.60 Å². The Hall–Kier alpha value is -1.69. The van der Waals surface area contributed by atoms with E-state index in [1.165, 1.54) is 0 Å². The summed E-state index contributed by atoms with van der Waals surface area (Å²) in [7, 11) is 0. The number of carbonyl (C=O) groups is 1. The Morgan fingerprint density at radius 2 is 2.00 bits per heavy atom. The molecule has 0 saturated carbocycles. The van der Waals surface area contributed by atoms with Crippen LogP contribution in [0.2, 0.25) is 5.02 Å². The first-order valence-corrected chi connectivity index (χ1v) is 9.05. The summed E-state index contributed by atoms with van der Waals surface area (Å²) in [5.41, 5.74) is 0.170. The lowest BCUT2D eigenvalue weighted by Crippen LogP contribution is -2.52.